The lowest BCUT2D eigenvalue weighted by atomic mass is 9.74. The Morgan fingerprint density at radius 1 is 1.14 bits per heavy atom. The Hall–Kier alpha value is -2.25. The van der Waals surface area contributed by atoms with Crippen LogP contribution in [0.15, 0.2) is 18.2 Å². The van der Waals surface area contributed by atoms with Gasteiger partial charge in [-0.1, -0.05) is 46.6 Å². The molecule has 0 unspecified atom stereocenters. The van der Waals surface area contributed by atoms with Crippen molar-refractivity contribution in [3.05, 3.63) is 29.6 Å². The third kappa shape index (κ3) is 5.37. The van der Waals surface area contributed by atoms with E-state index in [1.165, 1.54) is 0 Å². The van der Waals surface area contributed by atoms with E-state index in [-0.39, 0.29) is 29.8 Å². The highest BCUT2D eigenvalue weighted by Crippen LogP contribution is 2.46. The summed E-state index contributed by atoms with van der Waals surface area (Å²) in [5.74, 6) is 0.605. The van der Waals surface area contributed by atoms with Crippen molar-refractivity contribution < 1.29 is 24.2 Å². The third-order valence-electron chi connectivity index (χ3n) is 8.64. The summed E-state index contributed by atoms with van der Waals surface area (Å²) in [6.07, 6.45) is 2.44. The van der Waals surface area contributed by atoms with Gasteiger partial charge in [0.25, 0.3) is 0 Å². The number of cyclic esters (lactones) is 1. The van der Waals surface area contributed by atoms with Crippen LogP contribution in [0.25, 0.3) is 11.0 Å². The van der Waals surface area contributed by atoms with Gasteiger partial charge in [0, 0.05) is 19.4 Å². The number of hydrogen-bond donors (Lipinski definition) is 1. The fourth-order valence-corrected chi connectivity index (χ4v) is 5.84. The smallest absolute Gasteiger partial charge is 0.309 e. The van der Waals surface area contributed by atoms with E-state index in [1.54, 1.807) is 13.8 Å². The molecule has 0 bridgehead atoms. The number of ether oxygens (including phenoxy) is 2. The molecule has 7 nitrogen and oxygen atoms in total. The molecule has 0 spiro atoms. The number of epoxide rings is 1. The molecule has 0 saturated carbocycles. The molecule has 1 N–H and O–H groups in total. The lowest BCUT2D eigenvalue weighted by Gasteiger charge is -2.32. The number of imidazole rings is 1. The van der Waals surface area contributed by atoms with E-state index in [0.717, 1.165) is 48.1 Å². The van der Waals surface area contributed by atoms with Gasteiger partial charge in [-0.3, -0.25) is 9.59 Å². The average Bonchev–Trinajstić information content (AvgIpc) is 3.34. The molecule has 36 heavy (non-hydrogen) atoms. The molecule has 0 amide bonds. The van der Waals surface area contributed by atoms with Gasteiger partial charge < -0.3 is 19.1 Å². The number of aromatic nitrogens is 2. The maximum Gasteiger partial charge on any atom is 0.309 e. The summed E-state index contributed by atoms with van der Waals surface area (Å²) in [5, 5.41) is 10.9. The predicted octanol–water partition coefficient (Wildman–Crippen LogP) is 5.21. The number of nitrogens with zero attached hydrogens (tertiary/aromatic N) is 2. The first-order valence-corrected chi connectivity index (χ1v) is 13.3. The Balaban J connectivity index is 1.62. The van der Waals surface area contributed by atoms with Gasteiger partial charge in [0.1, 0.15) is 17.7 Å². The predicted molar refractivity (Wildman–Crippen MR) is 138 cm³/mol. The van der Waals surface area contributed by atoms with Crippen molar-refractivity contribution in [1.82, 2.24) is 9.55 Å². The van der Waals surface area contributed by atoms with Gasteiger partial charge in [0.05, 0.1) is 40.7 Å². The lowest BCUT2D eigenvalue weighted by molar-refractivity contribution is -0.155. The van der Waals surface area contributed by atoms with Gasteiger partial charge in [-0.25, -0.2) is 4.98 Å². The SMILES string of the molecule is Cc1nc2cc([C@@H]3C[C@@H]4O[C@]4(C)CCC[C@H](C)C[C@@H](C)C(=O)C(C)(C)[C@@H](O)CC(=O)O3)ccc2n1C. The van der Waals surface area contributed by atoms with Crippen molar-refractivity contribution in [2.24, 2.45) is 24.3 Å². The molecule has 1 aromatic carbocycles. The first-order chi connectivity index (χ1) is 16.8. The number of carbonyl (C=O) groups is 2. The second-order valence-electron chi connectivity index (χ2n) is 12.0. The number of aryl methyl sites for hydroxylation is 2. The standard InChI is InChI=1S/C29H42N2O5/c1-17-9-8-12-29(6)25(36-29)15-23(20-10-11-22-21(14-20)30-19(3)31(22)7)35-26(33)16-24(32)28(4,5)27(34)18(2)13-17/h10-11,14,17-18,23-25,32H,8-9,12-13,15-16H2,1-7H3/t17-,18+,23-,24-,25-,29+/m0/s1. The summed E-state index contributed by atoms with van der Waals surface area (Å²) in [4.78, 5) is 30.9. The Morgan fingerprint density at radius 2 is 1.86 bits per heavy atom. The van der Waals surface area contributed by atoms with E-state index in [0.29, 0.717) is 12.3 Å². The molecule has 2 aromatic rings. The summed E-state index contributed by atoms with van der Waals surface area (Å²) in [6, 6.07) is 5.96. The highest BCUT2D eigenvalue weighted by Gasteiger charge is 2.52. The fourth-order valence-electron chi connectivity index (χ4n) is 5.84. The van der Waals surface area contributed by atoms with Crippen LogP contribution in [0.3, 0.4) is 0 Å². The number of Topliss-reactive ketones (excluding diaryl/α,β-unsaturated/α-hetero) is 1. The molecular weight excluding hydrogens is 456 g/mol. The molecule has 0 aliphatic carbocycles. The van der Waals surface area contributed by atoms with Crippen LogP contribution in [0.4, 0.5) is 0 Å². The Labute approximate surface area is 214 Å². The lowest BCUT2D eigenvalue weighted by Crippen LogP contribution is -2.42. The van der Waals surface area contributed by atoms with Crippen LogP contribution in [0, 0.1) is 24.2 Å². The highest BCUT2D eigenvalue weighted by atomic mass is 16.6. The molecule has 4 rings (SSSR count). The van der Waals surface area contributed by atoms with Crippen molar-refractivity contribution in [3.8, 4) is 0 Å². The van der Waals surface area contributed by atoms with Crippen molar-refractivity contribution in [2.75, 3.05) is 0 Å². The largest absolute Gasteiger partial charge is 0.457 e. The number of rotatable bonds is 1. The molecule has 2 fully saturated rings. The number of hydrogen-bond acceptors (Lipinski definition) is 6. The van der Waals surface area contributed by atoms with E-state index in [2.05, 4.69) is 18.8 Å². The zero-order valence-corrected chi connectivity index (χ0v) is 22.8. The van der Waals surface area contributed by atoms with Crippen LogP contribution < -0.4 is 0 Å². The monoisotopic (exact) mass is 498 g/mol. The first kappa shape index (κ1) is 26.8. The molecule has 2 aliphatic rings. The van der Waals surface area contributed by atoms with Crippen molar-refractivity contribution in [3.63, 3.8) is 0 Å². The van der Waals surface area contributed by atoms with Crippen LogP contribution in [0.2, 0.25) is 0 Å². The number of ketones is 1. The molecule has 2 aliphatic heterocycles. The zero-order valence-electron chi connectivity index (χ0n) is 22.8. The van der Waals surface area contributed by atoms with Crippen LogP contribution in [-0.2, 0) is 26.1 Å². The molecule has 0 radical (unpaired) electrons. The average molecular weight is 499 g/mol. The highest BCUT2D eigenvalue weighted by molar-refractivity contribution is 5.87. The second-order valence-corrected chi connectivity index (χ2v) is 12.0. The van der Waals surface area contributed by atoms with Gasteiger partial charge in [-0.2, -0.15) is 0 Å². The van der Waals surface area contributed by atoms with Crippen LogP contribution in [-0.4, -0.2) is 44.2 Å². The van der Waals surface area contributed by atoms with Crippen LogP contribution in [0.5, 0.6) is 0 Å². The van der Waals surface area contributed by atoms with E-state index in [4.69, 9.17) is 9.47 Å². The number of aliphatic hydroxyl groups excluding tert-OH is 1. The zero-order chi connectivity index (χ0) is 26.4. The summed E-state index contributed by atoms with van der Waals surface area (Å²) in [5.41, 5.74) is 1.47. The molecule has 6 atom stereocenters. The van der Waals surface area contributed by atoms with E-state index in [1.807, 2.05) is 43.7 Å². The number of fused-ring (bicyclic) bond motifs is 2. The summed E-state index contributed by atoms with van der Waals surface area (Å²) >= 11 is 0. The maximum absolute atomic E-state index is 13.2. The van der Waals surface area contributed by atoms with Gasteiger partial charge in [-0.05, 0) is 50.3 Å². The Morgan fingerprint density at radius 3 is 2.58 bits per heavy atom. The number of aliphatic hydroxyl groups is 1. The molecule has 3 heterocycles. The van der Waals surface area contributed by atoms with E-state index < -0.39 is 23.6 Å². The summed E-state index contributed by atoms with van der Waals surface area (Å²) in [7, 11) is 1.98. The minimum Gasteiger partial charge on any atom is -0.457 e. The van der Waals surface area contributed by atoms with Crippen molar-refractivity contribution >= 4 is 22.8 Å². The third-order valence-corrected chi connectivity index (χ3v) is 8.64. The Bertz CT molecular complexity index is 1140. The van der Waals surface area contributed by atoms with Crippen LogP contribution in [0.1, 0.15) is 90.6 Å². The number of carbonyl (C=O) groups excluding carboxylic acids is 2. The molecule has 7 heteroatoms. The molecule has 1 aromatic heterocycles. The van der Waals surface area contributed by atoms with Crippen molar-refractivity contribution in [1.29, 1.82) is 0 Å². The van der Waals surface area contributed by atoms with E-state index >= 15 is 0 Å². The number of benzene rings is 1. The molecule has 2 saturated heterocycles. The van der Waals surface area contributed by atoms with Gasteiger partial charge in [-0.15, -0.1) is 0 Å². The quantitative estimate of drug-likeness (QED) is 0.429. The van der Waals surface area contributed by atoms with Crippen LogP contribution >= 0.6 is 0 Å². The molecule has 198 valence electrons. The van der Waals surface area contributed by atoms with Gasteiger partial charge >= 0.3 is 5.97 Å². The summed E-state index contributed by atoms with van der Waals surface area (Å²) < 4.78 is 14.2. The van der Waals surface area contributed by atoms with E-state index in [9.17, 15) is 14.7 Å². The summed E-state index contributed by atoms with van der Waals surface area (Å²) in [6.45, 7) is 11.7. The van der Waals surface area contributed by atoms with Gasteiger partial charge in [0.2, 0.25) is 0 Å². The number of esters is 1. The van der Waals surface area contributed by atoms with Crippen molar-refractivity contribution in [2.45, 2.75) is 104 Å². The minimum atomic E-state index is -1.12. The second kappa shape index (κ2) is 9.90. The fraction of sp³-hybridized carbons (Fsp3) is 0.690. The Kier molecular flexibility index (Phi) is 7.37. The molecular formula is C29H42N2O5. The van der Waals surface area contributed by atoms with Gasteiger partial charge in [0.15, 0.2) is 0 Å². The first-order valence-electron chi connectivity index (χ1n) is 13.3. The topological polar surface area (TPSA) is 93.9 Å². The normalized spacial score (nSPS) is 34.3. The maximum atomic E-state index is 13.2. The minimum absolute atomic E-state index is 0.00143.